The zero-order valence-corrected chi connectivity index (χ0v) is 20.7. The lowest BCUT2D eigenvalue weighted by Gasteiger charge is -2.51. The molecule has 2 amide bonds. The Hall–Kier alpha value is -4.06. The topological polar surface area (TPSA) is 65.6 Å². The van der Waals surface area contributed by atoms with Crippen LogP contribution in [0.5, 0.6) is 5.75 Å². The Balaban J connectivity index is 1.46. The summed E-state index contributed by atoms with van der Waals surface area (Å²) >= 11 is 0. The average molecular weight is 480 g/mol. The number of carbonyl (C=O) groups is 2. The van der Waals surface area contributed by atoms with E-state index in [-0.39, 0.29) is 24.3 Å². The zero-order valence-electron chi connectivity index (χ0n) is 20.7. The van der Waals surface area contributed by atoms with Gasteiger partial charge in [0, 0.05) is 29.9 Å². The molecule has 1 saturated heterocycles. The fourth-order valence-electron chi connectivity index (χ4n) is 5.85. The molecule has 2 aliphatic rings. The van der Waals surface area contributed by atoms with E-state index in [0.29, 0.717) is 13.1 Å². The lowest BCUT2D eigenvalue weighted by Crippen LogP contribution is -2.67. The summed E-state index contributed by atoms with van der Waals surface area (Å²) in [7, 11) is 1.63. The maximum Gasteiger partial charge on any atom is 0.255 e. The summed E-state index contributed by atoms with van der Waals surface area (Å²) in [4.78, 5) is 34.8. The van der Waals surface area contributed by atoms with Gasteiger partial charge in [-0.15, -0.1) is 0 Å². The molecule has 3 heterocycles. The first-order valence-corrected chi connectivity index (χ1v) is 12.3. The highest BCUT2D eigenvalue weighted by atomic mass is 16.5. The molecule has 0 bridgehead atoms. The van der Waals surface area contributed by atoms with Crippen LogP contribution < -0.4 is 4.74 Å². The number of nitrogens with zero attached hydrogens (tertiary/aromatic N) is 2. The van der Waals surface area contributed by atoms with Gasteiger partial charge in [-0.25, -0.2) is 0 Å². The summed E-state index contributed by atoms with van der Waals surface area (Å²) < 4.78 is 5.26. The van der Waals surface area contributed by atoms with Gasteiger partial charge in [-0.05, 0) is 48.7 Å². The number of nitrogens with one attached hydrogen (secondary N) is 1. The molecule has 1 fully saturated rings. The molecule has 1 aromatic heterocycles. The number of methoxy groups -OCH3 is 1. The van der Waals surface area contributed by atoms with Crippen LogP contribution in [0.15, 0.2) is 72.8 Å². The van der Waals surface area contributed by atoms with Gasteiger partial charge in [0.15, 0.2) is 5.54 Å². The Bertz CT molecular complexity index is 1470. The number of aryl methyl sites for hydroxylation is 1. The number of amides is 2. The van der Waals surface area contributed by atoms with Crippen LogP contribution in [0.3, 0.4) is 0 Å². The summed E-state index contributed by atoms with van der Waals surface area (Å²) in [6, 6.07) is 24.3. The van der Waals surface area contributed by atoms with Crippen LogP contribution in [0.2, 0.25) is 0 Å². The van der Waals surface area contributed by atoms with Crippen molar-refractivity contribution in [2.75, 3.05) is 20.2 Å². The number of carbonyl (C=O) groups excluding carboxylic acids is 2. The van der Waals surface area contributed by atoms with Gasteiger partial charge >= 0.3 is 0 Å². The number of hydrogen-bond donors (Lipinski definition) is 1. The molecule has 6 rings (SSSR count). The smallest absolute Gasteiger partial charge is 0.255 e. The molecular formula is C30H29N3O3. The highest BCUT2D eigenvalue weighted by Gasteiger charge is 2.56. The van der Waals surface area contributed by atoms with Crippen LogP contribution >= 0.6 is 0 Å². The van der Waals surface area contributed by atoms with Crippen molar-refractivity contribution in [2.45, 2.75) is 31.8 Å². The van der Waals surface area contributed by atoms with E-state index < -0.39 is 5.54 Å². The summed E-state index contributed by atoms with van der Waals surface area (Å²) in [5, 5.41) is 1.10. The highest BCUT2D eigenvalue weighted by Crippen LogP contribution is 2.48. The summed E-state index contributed by atoms with van der Waals surface area (Å²) in [5.41, 5.74) is 5.11. The van der Waals surface area contributed by atoms with Gasteiger partial charge in [-0.3, -0.25) is 9.59 Å². The van der Waals surface area contributed by atoms with Crippen molar-refractivity contribution in [1.29, 1.82) is 0 Å². The van der Waals surface area contributed by atoms with Crippen LogP contribution in [-0.4, -0.2) is 46.8 Å². The number of hydrogen-bond acceptors (Lipinski definition) is 3. The van der Waals surface area contributed by atoms with Gasteiger partial charge in [0.1, 0.15) is 12.3 Å². The Morgan fingerprint density at radius 3 is 2.44 bits per heavy atom. The minimum atomic E-state index is -1.10. The van der Waals surface area contributed by atoms with E-state index in [0.717, 1.165) is 39.0 Å². The van der Waals surface area contributed by atoms with Crippen molar-refractivity contribution in [3.8, 4) is 5.75 Å². The van der Waals surface area contributed by atoms with Gasteiger partial charge in [0.25, 0.3) is 5.91 Å². The Morgan fingerprint density at radius 2 is 1.72 bits per heavy atom. The molecule has 36 heavy (non-hydrogen) atoms. The first kappa shape index (κ1) is 22.4. The fraction of sp³-hybridized carbons (Fsp3) is 0.267. The van der Waals surface area contributed by atoms with E-state index in [1.54, 1.807) is 16.9 Å². The molecule has 4 aromatic rings. The van der Waals surface area contributed by atoms with Crippen LogP contribution in [0, 0.1) is 6.92 Å². The normalized spacial score (nSPS) is 21.5. The van der Waals surface area contributed by atoms with E-state index in [4.69, 9.17) is 4.74 Å². The second kappa shape index (κ2) is 8.26. The third-order valence-electron chi connectivity index (χ3n) is 7.83. The molecule has 2 aliphatic heterocycles. The minimum absolute atomic E-state index is 0.0188. The average Bonchev–Trinajstić information content (AvgIpc) is 3.29. The van der Waals surface area contributed by atoms with Crippen molar-refractivity contribution < 1.29 is 14.3 Å². The minimum Gasteiger partial charge on any atom is -0.497 e. The molecule has 0 saturated carbocycles. The Kier molecular flexibility index (Phi) is 5.14. The number of H-pyrrole nitrogens is 1. The van der Waals surface area contributed by atoms with Crippen molar-refractivity contribution in [2.24, 2.45) is 0 Å². The SMILES string of the molecule is COc1ccc(CN2CC(=O)N3CC(c4ccc(C)cc4)c4c([nH]c5ccccc45)[C@@]3(C)C2=O)cc1. The van der Waals surface area contributed by atoms with Crippen molar-refractivity contribution in [1.82, 2.24) is 14.8 Å². The number of rotatable bonds is 4. The van der Waals surface area contributed by atoms with Crippen LogP contribution in [0.1, 0.15) is 40.8 Å². The summed E-state index contributed by atoms with van der Waals surface area (Å²) in [6.07, 6.45) is 0. The number of fused-ring (bicyclic) bond motifs is 5. The molecule has 3 aromatic carbocycles. The fourth-order valence-corrected chi connectivity index (χ4v) is 5.85. The van der Waals surface area contributed by atoms with Crippen LogP contribution in [0.4, 0.5) is 0 Å². The molecular weight excluding hydrogens is 450 g/mol. The molecule has 1 unspecified atom stereocenters. The van der Waals surface area contributed by atoms with Crippen molar-refractivity contribution >= 4 is 22.7 Å². The maximum atomic E-state index is 14.2. The Morgan fingerprint density at radius 1 is 1.00 bits per heavy atom. The molecule has 1 N–H and O–H groups in total. The van der Waals surface area contributed by atoms with Gasteiger partial charge in [-0.2, -0.15) is 0 Å². The van der Waals surface area contributed by atoms with E-state index in [9.17, 15) is 9.59 Å². The molecule has 0 spiro atoms. The first-order chi connectivity index (χ1) is 17.4. The number of benzene rings is 3. The van der Waals surface area contributed by atoms with Gasteiger partial charge in [-0.1, -0.05) is 60.2 Å². The monoisotopic (exact) mass is 479 g/mol. The van der Waals surface area contributed by atoms with Crippen molar-refractivity contribution in [3.63, 3.8) is 0 Å². The standard InChI is InChI=1S/C30H29N3O3/c1-19-8-12-21(13-9-19)24-17-33-26(34)18-32(16-20-10-14-22(36-3)15-11-20)29(35)30(33,2)28-27(24)23-6-4-5-7-25(23)31-28/h4-15,24,31H,16-18H2,1-3H3/t24?,30-/m0/s1. The third kappa shape index (κ3) is 3.32. The lowest BCUT2D eigenvalue weighted by atomic mass is 9.76. The van der Waals surface area contributed by atoms with Gasteiger partial charge in [0.05, 0.1) is 12.8 Å². The highest BCUT2D eigenvalue weighted by molar-refractivity contribution is 6.01. The lowest BCUT2D eigenvalue weighted by molar-refractivity contribution is -0.166. The predicted octanol–water partition coefficient (Wildman–Crippen LogP) is 4.72. The van der Waals surface area contributed by atoms with E-state index in [1.165, 1.54) is 5.56 Å². The van der Waals surface area contributed by atoms with Gasteiger partial charge < -0.3 is 19.5 Å². The first-order valence-electron chi connectivity index (χ1n) is 12.3. The summed E-state index contributed by atoms with van der Waals surface area (Å²) in [6.45, 7) is 4.87. The van der Waals surface area contributed by atoms with Crippen LogP contribution in [0.25, 0.3) is 10.9 Å². The number of aromatic nitrogens is 1. The summed E-state index contributed by atoms with van der Waals surface area (Å²) in [5.74, 6) is 0.643. The van der Waals surface area contributed by atoms with Crippen LogP contribution in [-0.2, 0) is 21.7 Å². The molecule has 6 heteroatoms. The predicted molar refractivity (Wildman–Crippen MR) is 139 cm³/mol. The largest absolute Gasteiger partial charge is 0.497 e. The third-order valence-corrected chi connectivity index (χ3v) is 7.83. The van der Waals surface area contributed by atoms with E-state index >= 15 is 0 Å². The van der Waals surface area contributed by atoms with E-state index in [1.807, 2.05) is 49.4 Å². The van der Waals surface area contributed by atoms with Crippen molar-refractivity contribution in [3.05, 3.63) is 101 Å². The quantitative estimate of drug-likeness (QED) is 0.461. The van der Waals surface area contributed by atoms with E-state index in [2.05, 4.69) is 42.2 Å². The number of ether oxygens (including phenoxy) is 1. The second-order valence-electron chi connectivity index (χ2n) is 10.0. The number of aromatic amines is 1. The molecule has 182 valence electrons. The zero-order chi connectivity index (χ0) is 25.0. The molecule has 2 atom stereocenters. The molecule has 0 aliphatic carbocycles. The van der Waals surface area contributed by atoms with Gasteiger partial charge in [0.2, 0.25) is 5.91 Å². The number of piperazine rings is 1. The number of para-hydroxylation sites is 1. The molecule has 0 radical (unpaired) electrons. The second-order valence-corrected chi connectivity index (χ2v) is 10.0. The molecule has 6 nitrogen and oxygen atoms in total. The Labute approximate surface area is 210 Å². The maximum absolute atomic E-state index is 14.2.